The Morgan fingerprint density at radius 3 is 2.66 bits per heavy atom. The van der Waals surface area contributed by atoms with E-state index in [4.69, 9.17) is 26.2 Å². The summed E-state index contributed by atoms with van der Waals surface area (Å²) >= 11 is 9.65. The standard InChI is InChI=1S/C21H21BrClNO5/c1-3-28-18-11-14(8-9-19(25)24-13(2)21(26)27)10-16(22)20(18)29-12-15-6-4-5-7-17(15)23/h4-11,13H,3,12H2,1-2H3,(H,24,25)(H,26,27)/b9-8+. The zero-order chi connectivity index (χ0) is 21.4. The Morgan fingerprint density at radius 1 is 1.28 bits per heavy atom. The van der Waals surface area contributed by atoms with Crippen molar-refractivity contribution >= 4 is 45.5 Å². The molecule has 0 radical (unpaired) electrons. The van der Waals surface area contributed by atoms with E-state index in [1.807, 2.05) is 25.1 Å². The Balaban J connectivity index is 2.18. The van der Waals surface area contributed by atoms with E-state index in [0.29, 0.717) is 33.2 Å². The second-order valence-corrected chi connectivity index (χ2v) is 7.31. The normalized spacial score (nSPS) is 11.9. The number of hydrogen-bond acceptors (Lipinski definition) is 4. The third-order valence-corrected chi connectivity index (χ3v) is 4.78. The molecule has 1 amide bonds. The van der Waals surface area contributed by atoms with Crippen molar-refractivity contribution in [2.75, 3.05) is 6.61 Å². The summed E-state index contributed by atoms with van der Waals surface area (Å²) in [7, 11) is 0. The van der Waals surface area contributed by atoms with Gasteiger partial charge in [-0.25, -0.2) is 0 Å². The van der Waals surface area contributed by atoms with Crippen molar-refractivity contribution in [2.24, 2.45) is 0 Å². The van der Waals surface area contributed by atoms with Crippen LogP contribution in [0.5, 0.6) is 11.5 Å². The maximum atomic E-state index is 11.8. The molecule has 6 nitrogen and oxygen atoms in total. The van der Waals surface area contributed by atoms with Gasteiger partial charge in [0.05, 0.1) is 11.1 Å². The lowest BCUT2D eigenvalue weighted by Gasteiger charge is -2.15. The number of nitrogens with one attached hydrogen (secondary N) is 1. The van der Waals surface area contributed by atoms with Gasteiger partial charge in [0.1, 0.15) is 12.6 Å². The van der Waals surface area contributed by atoms with E-state index in [0.717, 1.165) is 5.56 Å². The number of amides is 1. The van der Waals surface area contributed by atoms with Gasteiger partial charge >= 0.3 is 5.97 Å². The number of carboxylic acid groups (broad SMARTS) is 1. The van der Waals surface area contributed by atoms with Crippen LogP contribution in [0.15, 0.2) is 46.9 Å². The van der Waals surface area contributed by atoms with Gasteiger partial charge in [0.15, 0.2) is 11.5 Å². The topological polar surface area (TPSA) is 84.9 Å². The van der Waals surface area contributed by atoms with Crippen LogP contribution in [-0.2, 0) is 16.2 Å². The Kier molecular flexibility index (Phi) is 8.54. The molecule has 0 saturated heterocycles. The highest BCUT2D eigenvalue weighted by molar-refractivity contribution is 9.10. The van der Waals surface area contributed by atoms with Gasteiger partial charge in [-0.2, -0.15) is 0 Å². The summed E-state index contributed by atoms with van der Waals surface area (Å²) in [6.07, 6.45) is 2.83. The fourth-order valence-electron chi connectivity index (χ4n) is 2.35. The third kappa shape index (κ3) is 6.80. The van der Waals surface area contributed by atoms with Crippen LogP contribution in [0.25, 0.3) is 6.08 Å². The Hall–Kier alpha value is -2.51. The molecule has 0 bridgehead atoms. The largest absolute Gasteiger partial charge is 0.490 e. The van der Waals surface area contributed by atoms with Gasteiger partial charge in [-0.1, -0.05) is 29.8 Å². The molecule has 0 fully saturated rings. The quantitative estimate of drug-likeness (QED) is 0.507. The van der Waals surface area contributed by atoms with Crippen LogP contribution >= 0.6 is 27.5 Å². The number of carboxylic acids is 1. The van der Waals surface area contributed by atoms with E-state index in [9.17, 15) is 9.59 Å². The first kappa shape index (κ1) is 22.8. The van der Waals surface area contributed by atoms with Crippen LogP contribution in [0.1, 0.15) is 25.0 Å². The van der Waals surface area contributed by atoms with Crippen molar-refractivity contribution in [3.8, 4) is 11.5 Å². The number of rotatable bonds is 9. The maximum Gasteiger partial charge on any atom is 0.325 e. The van der Waals surface area contributed by atoms with Crippen molar-refractivity contribution in [1.29, 1.82) is 0 Å². The number of carbonyl (C=O) groups is 2. The highest BCUT2D eigenvalue weighted by Crippen LogP contribution is 2.38. The van der Waals surface area contributed by atoms with Crippen LogP contribution in [-0.4, -0.2) is 29.6 Å². The molecule has 0 spiro atoms. The van der Waals surface area contributed by atoms with Gasteiger partial charge < -0.3 is 19.9 Å². The lowest BCUT2D eigenvalue weighted by molar-refractivity contribution is -0.140. The molecule has 29 heavy (non-hydrogen) atoms. The number of halogens is 2. The summed E-state index contributed by atoms with van der Waals surface area (Å²) in [5, 5.41) is 11.8. The number of ether oxygens (including phenoxy) is 2. The lowest BCUT2D eigenvalue weighted by Crippen LogP contribution is -2.37. The highest BCUT2D eigenvalue weighted by atomic mass is 79.9. The molecule has 0 aliphatic heterocycles. The molecular weight excluding hydrogens is 462 g/mol. The molecule has 2 N–H and O–H groups in total. The fraction of sp³-hybridized carbons (Fsp3) is 0.238. The highest BCUT2D eigenvalue weighted by Gasteiger charge is 2.14. The molecule has 0 aromatic heterocycles. The molecule has 1 unspecified atom stereocenters. The minimum atomic E-state index is -1.10. The predicted octanol–water partition coefficient (Wildman–Crippen LogP) is 4.68. The van der Waals surface area contributed by atoms with E-state index in [2.05, 4.69) is 21.2 Å². The summed E-state index contributed by atoms with van der Waals surface area (Å²) < 4.78 is 12.2. The smallest absolute Gasteiger partial charge is 0.325 e. The van der Waals surface area contributed by atoms with Crippen molar-refractivity contribution in [1.82, 2.24) is 5.32 Å². The van der Waals surface area contributed by atoms with Crippen molar-refractivity contribution < 1.29 is 24.2 Å². The van der Waals surface area contributed by atoms with Gasteiger partial charge in [0, 0.05) is 16.7 Å². The molecule has 2 aromatic rings. The molecule has 2 aromatic carbocycles. The van der Waals surface area contributed by atoms with Gasteiger partial charge in [-0.05, 0) is 59.6 Å². The minimum Gasteiger partial charge on any atom is -0.490 e. The van der Waals surface area contributed by atoms with E-state index >= 15 is 0 Å². The Labute approximate surface area is 182 Å². The van der Waals surface area contributed by atoms with Crippen molar-refractivity contribution in [2.45, 2.75) is 26.5 Å². The van der Waals surface area contributed by atoms with E-state index in [-0.39, 0.29) is 6.61 Å². The van der Waals surface area contributed by atoms with E-state index < -0.39 is 17.9 Å². The van der Waals surface area contributed by atoms with Crippen molar-refractivity contribution in [3.05, 3.63) is 63.1 Å². The SMILES string of the molecule is CCOc1cc(/C=C/C(=O)NC(C)C(=O)O)cc(Br)c1OCc1ccccc1Cl. The Bertz CT molecular complexity index is 916. The number of aliphatic carboxylic acids is 1. The number of benzene rings is 2. The zero-order valence-corrected chi connectivity index (χ0v) is 18.3. The van der Waals surface area contributed by atoms with Crippen LogP contribution in [0.4, 0.5) is 0 Å². The lowest BCUT2D eigenvalue weighted by atomic mass is 10.1. The molecule has 0 aliphatic rings. The fourth-order valence-corrected chi connectivity index (χ4v) is 3.11. The van der Waals surface area contributed by atoms with Crippen LogP contribution < -0.4 is 14.8 Å². The zero-order valence-electron chi connectivity index (χ0n) is 15.9. The second-order valence-electron chi connectivity index (χ2n) is 6.04. The summed E-state index contributed by atoms with van der Waals surface area (Å²) in [6.45, 7) is 3.94. The van der Waals surface area contributed by atoms with Crippen LogP contribution in [0.2, 0.25) is 5.02 Å². The summed E-state index contributed by atoms with van der Waals surface area (Å²) in [5.74, 6) is -0.582. The average Bonchev–Trinajstić information content (AvgIpc) is 2.67. The van der Waals surface area contributed by atoms with E-state index in [1.54, 1.807) is 24.3 Å². The first-order chi connectivity index (χ1) is 13.8. The second kappa shape index (κ2) is 10.9. The molecule has 0 heterocycles. The summed E-state index contributed by atoms with van der Waals surface area (Å²) in [4.78, 5) is 22.7. The third-order valence-electron chi connectivity index (χ3n) is 3.82. The van der Waals surface area contributed by atoms with Crippen LogP contribution in [0, 0.1) is 0 Å². The monoisotopic (exact) mass is 481 g/mol. The molecule has 0 saturated carbocycles. The molecule has 1 atom stereocenters. The van der Waals surface area contributed by atoms with Gasteiger partial charge in [0.25, 0.3) is 0 Å². The molecule has 154 valence electrons. The first-order valence-electron chi connectivity index (χ1n) is 8.85. The van der Waals surface area contributed by atoms with Gasteiger partial charge in [-0.15, -0.1) is 0 Å². The predicted molar refractivity (Wildman–Crippen MR) is 115 cm³/mol. The average molecular weight is 483 g/mol. The molecule has 8 heteroatoms. The van der Waals surface area contributed by atoms with Gasteiger partial charge in [0.2, 0.25) is 5.91 Å². The Morgan fingerprint density at radius 2 is 2.00 bits per heavy atom. The number of carbonyl (C=O) groups excluding carboxylic acids is 1. The summed E-state index contributed by atoms with van der Waals surface area (Å²) in [5.41, 5.74) is 1.53. The van der Waals surface area contributed by atoms with Crippen LogP contribution in [0.3, 0.4) is 0 Å². The van der Waals surface area contributed by atoms with Crippen molar-refractivity contribution in [3.63, 3.8) is 0 Å². The molecular formula is C21H21BrClNO5. The van der Waals surface area contributed by atoms with E-state index in [1.165, 1.54) is 13.0 Å². The maximum absolute atomic E-state index is 11.8. The molecule has 0 aliphatic carbocycles. The number of hydrogen-bond donors (Lipinski definition) is 2. The summed E-state index contributed by atoms with van der Waals surface area (Å²) in [6, 6.07) is 9.94. The minimum absolute atomic E-state index is 0.267. The molecule has 2 rings (SSSR count). The first-order valence-corrected chi connectivity index (χ1v) is 10.0. The van der Waals surface area contributed by atoms with Gasteiger partial charge in [-0.3, -0.25) is 9.59 Å².